The predicted octanol–water partition coefficient (Wildman–Crippen LogP) is 3.22. The molecule has 1 saturated heterocycles. The van der Waals surface area contributed by atoms with Crippen LogP contribution in [0.4, 0.5) is 0 Å². The van der Waals surface area contributed by atoms with E-state index in [1.54, 1.807) is 0 Å². The summed E-state index contributed by atoms with van der Waals surface area (Å²) in [6.07, 6.45) is 1.82. The molecule has 1 heterocycles. The summed E-state index contributed by atoms with van der Waals surface area (Å²) in [6, 6.07) is 2.36. The molecular formula is C19H37BN2O7P2. The van der Waals surface area contributed by atoms with Crippen molar-refractivity contribution in [3.63, 3.8) is 0 Å². The maximum Gasteiger partial charge on any atom is 0.353 e. The number of hydrogen-bond donors (Lipinski definition) is 1. The van der Waals surface area contributed by atoms with E-state index in [4.69, 9.17) is 28.1 Å². The third-order valence-corrected chi connectivity index (χ3v) is 8.64. The van der Waals surface area contributed by atoms with Crippen molar-refractivity contribution in [1.29, 1.82) is 5.26 Å². The molecule has 1 fully saturated rings. The van der Waals surface area contributed by atoms with Crippen molar-refractivity contribution >= 4 is 24.0 Å². The normalized spacial score (nSPS) is 26.1. The zero-order valence-corrected chi connectivity index (χ0v) is 21.5. The fourth-order valence-corrected chi connectivity index (χ4v) is 5.94. The molecule has 1 rings (SSSR count). The lowest BCUT2D eigenvalue weighted by molar-refractivity contribution is -0.138. The maximum absolute atomic E-state index is 12.5. The highest BCUT2D eigenvalue weighted by Gasteiger charge is 2.46. The van der Waals surface area contributed by atoms with Crippen LogP contribution in [0.5, 0.6) is 0 Å². The minimum absolute atomic E-state index is 0.136. The van der Waals surface area contributed by atoms with E-state index in [0.717, 1.165) is 0 Å². The Morgan fingerprint density at radius 1 is 1.35 bits per heavy atom. The van der Waals surface area contributed by atoms with Gasteiger partial charge in [-0.15, -0.1) is 0 Å². The highest BCUT2D eigenvalue weighted by atomic mass is 31.2. The van der Waals surface area contributed by atoms with Crippen LogP contribution in [0.2, 0.25) is 5.82 Å². The van der Waals surface area contributed by atoms with E-state index in [0.29, 0.717) is 13.0 Å². The molecule has 12 heteroatoms. The lowest BCUT2D eigenvalue weighted by atomic mass is 9.77. The van der Waals surface area contributed by atoms with Crippen molar-refractivity contribution in [2.24, 2.45) is 0 Å². The minimum atomic E-state index is -3.45. The first kappa shape index (κ1) is 28.7. The van der Waals surface area contributed by atoms with Gasteiger partial charge in [-0.25, -0.2) is 4.67 Å². The topological polar surface area (TPSA) is 110 Å². The quantitative estimate of drug-likeness (QED) is 0.242. The molecule has 1 N–H and O–H groups in total. The van der Waals surface area contributed by atoms with Crippen molar-refractivity contribution < 1.29 is 32.5 Å². The first-order chi connectivity index (χ1) is 14.6. The molecule has 31 heavy (non-hydrogen) atoms. The smallest absolute Gasteiger partial charge is 0.353 e. The predicted molar refractivity (Wildman–Crippen MR) is 124 cm³/mol. The van der Waals surface area contributed by atoms with Gasteiger partial charge in [0.05, 0.1) is 25.7 Å². The summed E-state index contributed by atoms with van der Waals surface area (Å²) in [5.41, 5.74) is -1.22. The zero-order chi connectivity index (χ0) is 23.7. The number of aliphatic hydroxyl groups is 1. The molecule has 1 unspecified atom stereocenters. The molecular weight excluding hydrogens is 441 g/mol. The zero-order valence-electron chi connectivity index (χ0n) is 19.7. The van der Waals surface area contributed by atoms with Crippen molar-refractivity contribution in [1.82, 2.24) is 4.67 Å². The highest BCUT2D eigenvalue weighted by Crippen LogP contribution is 2.52. The van der Waals surface area contributed by atoms with E-state index in [-0.39, 0.29) is 37.5 Å². The molecule has 0 aromatic heterocycles. The van der Waals surface area contributed by atoms with Crippen LogP contribution in [0.15, 0.2) is 11.9 Å². The molecule has 0 amide bonds. The average Bonchev–Trinajstić information content (AvgIpc) is 2.73. The van der Waals surface area contributed by atoms with E-state index in [1.807, 2.05) is 7.85 Å². The minimum Gasteiger partial charge on any atom is -0.393 e. The number of ether oxygens (including phenoxy) is 1. The van der Waals surface area contributed by atoms with Gasteiger partial charge in [0.2, 0.25) is 0 Å². The Morgan fingerprint density at radius 2 is 1.97 bits per heavy atom. The number of rotatable bonds is 13. The van der Waals surface area contributed by atoms with Crippen molar-refractivity contribution in [2.45, 2.75) is 70.1 Å². The molecule has 178 valence electrons. The molecule has 4 atom stereocenters. The summed E-state index contributed by atoms with van der Waals surface area (Å²) < 4.78 is 43.2. The third-order valence-electron chi connectivity index (χ3n) is 4.97. The fourth-order valence-electron chi connectivity index (χ4n) is 3.33. The Kier molecular flexibility index (Phi) is 12.4. The van der Waals surface area contributed by atoms with Gasteiger partial charge < -0.3 is 27.9 Å². The van der Waals surface area contributed by atoms with Crippen molar-refractivity contribution in [2.75, 3.05) is 34.0 Å². The Balaban J connectivity index is 3.28. The number of nitrogens with zero attached hydrogens (tertiary/aromatic N) is 2. The lowest BCUT2D eigenvalue weighted by Gasteiger charge is -2.45. The first-order valence-electron chi connectivity index (χ1n) is 10.5. The number of hydrogen-bond acceptors (Lipinski definition) is 9. The molecule has 0 aromatic carbocycles. The van der Waals surface area contributed by atoms with Crippen LogP contribution in [-0.2, 0) is 27.4 Å². The highest BCUT2D eigenvalue weighted by molar-refractivity contribution is 7.57. The van der Waals surface area contributed by atoms with Crippen LogP contribution >= 0.6 is 16.1 Å². The summed E-state index contributed by atoms with van der Waals surface area (Å²) >= 11 is 0. The van der Waals surface area contributed by atoms with Crippen LogP contribution < -0.4 is 0 Å². The molecule has 0 aliphatic carbocycles. The first-order valence-corrected chi connectivity index (χ1v) is 13.2. The Bertz CT molecular complexity index is 646. The van der Waals surface area contributed by atoms with Gasteiger partial charge in [0, 0.05) is 38.7 Å². The third kappa shape index (κ3) is 8.19. The summed E-state index contributed by atoms with van der Waals surface area (Å²) in [6.45, 7) is 8.50. The second-order valence-corrected chi connectivity index (χ2v) is 11.6. The molecule has 9 nitrogen and oxygen atoms in total. The van der Waals surface area contributed by atoms with Gasteiger partial charge >= 0.3 is 7.60 Å². The van der Waals surface area contributed by atoms with E-state index in [2.05, 4.69) is 38.4 Å². The van der Waals surface area contributed by atoms with Crippen LogP contribution in [0.3, 0.4) is 0 Å². The van der Waals surface area contributed by atoms with Crippen LogP contribution in [0, 0.1) is 11.3 Å². The standard InChI is InChI=1S/C19H37BN2O7P2/c1-15(2)22(16(3)4)30(28-10-7-9-21)29-18-12-17(20)13-27-19(18,14-23)8-11-31(24,25-5)26-6/h8,11,15-18,23H,7,10,12-14,20H2,1-6H3/b11-8+/t17-,18-,19-,30?/m0/s1. The van der Waals surface area contributed by atoms with Crippen molar-refractivity contribution in [3.05, 3.63) is 11.9 Å². The van der Waals surface area contributed by atoms with Gasteiger partial charge in [-0.2, -0.15) is 5.26 Å². The van der Waals surface area contributed by atoms with Gasteiger partial charge in [0.1, 0.15) is 19.6 Å². The summed E-state index contributed by atoms with van der Waals surface area (Å²) in [7, 11) is -0.362. The summed E-state index contributed by atoms with van der Waals surface area (Å²) in [4.78, 5) is 0. The largest absolute Gasteiger partial charge is 0.393 e. The van der Waals surface area contributed by atoms with E-state index in [1.165, 1.54) is 26.1 Å². The molecule has 0 aromatic rings. The Labute approximate surface area is 188 Å². The summed E-state index contributed by atoms with van der Waals surface area (Å²) in [5, 5.41) is 19.2. The molecule has 1 aliphatic rings. The van der Waals surface area contributed by atoms with Gasteiger partial charge in [-0.3, -0.25) is 4.57 Å². The van der Waals surface area contributed by atoms with Crippen LogP contribution in [0.1, 0.15) is 40.5 Å². The molecule has 0 radical (unpaired) electrons. The molecule has 0 bridgehead atoms. The van der Waals surface area contributed by atoms with E-state index >= 15 is 0 Å². The van der Waals surface area contributed by atoms with Crippen molar-refractivity contribution in [3.8, 4) is 6.07 Å². The van der Waals surface area contributed by atoms with Gasteiger partial charge in [0.25, 0.3) is 8.53 Å². The number of aliphatic hydroxyl groups excluding tert-OH is 1. The molecule has 0 saturated carbocycles. The monoisotopic (exact) mass is 478 g/mol. The molecule has 1 aliphatic heterocycles. The van der Waals surface area contributed by atoms with Gasteiger partial charge in [0.15, 0.2) is 0 Å². The van der Waals surface area contributed by atoms with Gasteiger partial charge in [-0.1, -0.05) is 0 Å². The second kappa shape index (κ2) is 13.4. The fraction of sp³-hybridized carbons (Fsp3) is 0.842. The second-order valence-electron chi connectivity index (χ2n) is 8.13. The average molecular weight is 478 g/mol. The molecule has 0 spiro atoms. The maximum atomic E-state index is 12.5. The Morgan fingerprint density at radius 3 is 2.45 bits per heavy atom. The Hall–Kier alpha value is -0.325. The van der Waals surface area contributed by atoms with Gasteiger partial charge in [-0.05, 0) is 46.0 Å². The lowest BCUT2D eigenvalue weighted by Crippen LogP contribution is -2.52. The summed E-state index contributed by atoms with van der Waals surface area (Å²) in [5.74, 6) is 1.49. The SMILES string of the molecule is B[C@@H]1CO[C@@](/C=C/P(=O)(OC)OC)(CO)[C@@H](OP(OCCC#N)N(C(C)C)C(C)C)C1. The van der Waals surface area contributed by atoms with E-state index in [9.17, 15) is 9.67 Å². The van der Waals surface area contributed by atoms with Crippen LogP contribution in [0.25, 0.3) is 0 Å². The van der Waals surface area contributed by atoms with E-state index < -0.39 is 27.8 Å². The number of nitriles is 1. The van der Waals surface area contributed by atoms with Crippen LogP contribution in [-0.4, -0.2) is 75.5 Å².